The Balaban J connectivity index is 1.79. The van der Waals surface area contributed by atoms with E-state index in [1.54, 1.807) is 0 Å². The van der Waals surface area contributed by atoms with Gasteiger partial charge in [0.05, 0.1) is 11.9 Å². The van der Waals surface area contributed by atoms with Crippen LogP contribution in [0.4, 0.5) is 0 Å². The Kier molecular flexibility index (Phi) is 2.88. The quantitative estimate of drug-likeness (QED) is 0.788. The summed E-state index contributed by atoms with van der Waals surface area (Å²) >= 11 is 1.53. The summed E-state index contributed by atoms with van der Waals surface area (Å²) in [6.45, 7) is 0.209. The first-order valence-corrected chi connectivity index (χ1v) is 6.33. The molecule has 1 N–H and O–H groups in total. The fraction of sp³-hybridized carbons (Fsp3) is 0.0833. The van der Waals surface area contributed by atoms with Crippen LogP contribution in [-0.2, 0) is 6.61 Å². The lowest BCUT2D eigenvalue weighted by Crippen LogP contribution is -2.04. The van der Waals surface area contributed by atoms with Crippen molar-refractivity contribution in [3.63, 3.8) is 0 Å². The summed E-state index contributed by atoms with van der Waals surface area (Å²) in [6.07, 6.45) is 6.57. The Morgan fingerprint density at radius 2 is 2.42 bits per heavy atom. The van der Waals surface area contributed by atoms with E-state index < -0.39 is 5.97 Å². The van der Waals surface area contributed by atoms with E-state index in [1.165, 1.54) is 29.8 Å². The van der Waals surface area contributed by atoms with Crippen LogP contribution in [0.3, 0.4) is 0 Å². The molecule has 3 heterocycles. The van der Waals surface area contributed by atoms with Gasteiger partial charge in [0.1, 0.15) is 12.2 Å². The minimum atomic E-state index is -1.04. The van der Waals surface area contributed by atoms with Gasteiger partial charge >= 0.3 is 5.97 Å². The van der Waals surface area contributed by atoms with Crippen LogP contribution in [0.5, 0.6) is 5.75 Å². The smallest absolute Gasteiger partial charge is 0.339 e. The number of hydrogen-bond acceptors (Lipinski definition) is 5. The predicted octanol–water partition coefficient (Wildman–Crippen LogP) is 2.07. The van der Waals surface area contributed by atoms with Crippen LogP contribution in [0.25, 0.3) is 4.96 Å². The zero-order valence-corrected chi connectivity index (χ0v) is 10.5. The van der Waals surface area contributed by atoms with Gasteiger partial charge in [-0.3, -0.25) is 9.38 Å². The van der Waals surface area contributed by atoms with Crippen molar-refractivity contribution >= 4 is 22.3 Å². The van der Waals surface area contributed by atoms with Crippen molar-refractivity contribution in [3.05, 3.63) is 47.5 Å². The molecule has 0 radical (unpaired) electrons. The summed E-state index contributed by atoms with van der Waals surface area (Å²) in [5.41, 5.74) is 0.836. The summed E-state index contributed by atoms with van der Waals surface area (Å²) in [5, 5.41) is 11.0. The number of ether oxygens (including phenoxy) is 1. The molecule has 0 aliphatic rings. The number of fused-ring (bicyclic) bond motifs is 1. The molecule has 0 atom stereocenters. The molecule has 0 saturated carbocycles. The number of carbonyl (C=O) groups is 1. The first-order valence-electron chi connectivity index (χ1n) is 5.45. The van der Waals surface area contributed by atoms with Gasteiger partial charge in [0, 0.05) is 24.0 Å². The normalized spacial score (nSPS) is 10.7. The molecule has 0 saturated heterocycles. The Bertz CT molecular complexity index is 706. The molecule has 19 heavy (non-hydrogen) atoms. The number of aromatic carboxylic acids is 1. The molecule has 3 aromatic heterocycles. The topological polar surface area (TPSA) is 76.7 Å². The minimum Gasteiger partial charge on any atom is -0.485 e. The Morgan fingerprint density at radius 1 is 1.53 bits per heavy atom. The number of imidazole rings is 1. The van der Waals surface area contributed by atoms with Crippen LogP contribution in [0, 0.1) is 0 Å². The summed E-state index contributed by atoms with van der Waals surface area (Å²) < 4.78 is 7.36. The molecular weight excluding hydrogens is 266 g/mol. The highest BCUT2D eigenvalue weighted by Gasteiger charge is 2.11. The predicted molar refractivity (Wildman–Crippen MR) is 68.6 cm³/mol. The Morgan fingerprint density at radius 3 is 3.21 bits per heavy atom. The largest absolute Gasteiger partial charge is 0.485 e. The van der Waals surface area contributed by atoms with E-state index in [4.69, 9.17) is 9.84 Å². The van der Waals surface area contributed by atoms with Crippen molar-refractivity contribution < 1.29 is 14.6 Å². The van der Waals surface area contributed by atoms with Crippen molar-refractivity contribution in [2.24, 2.45) is 0 Å². The third kappa shape index (κ3) is 2.27. The van der Waals surface area contributed by atoms with Gasteiger partial charge in [-0.25, -0.2) is 9.78 Å². The van der Waals surface area contributed by atoms with Crippen LogP contribution in [0.1, 0.15) is 16.1 Å². The first-order chi connectivity index (χ1) is 9.24. The Labute approximate surface area is 111 Å². The molecule has 6 nitrogen and oxygen atoms in total. The number of carboxylic acid groups (broad SMARTS) is 1. The number of nitrogens with zero attached hydrogens (tertiary/aromatic N) is 3. The number of carboxylic acids is 1. The zero-order valence-electron chi connectivity index (χ0n) is 9.68. The van der Waals surface area contributed by atoms with Gasteiger partial charge in [-0.1, -0.05) is 0 Å². The van der Waals surface area contributed by atoms with E-state index in [0.717, 1.165) is 10.7 Å². The van der Waals surface area contributed by atoms with Crippen LogP contribution in [0.15, 0.2) is 36.2 Å². The third-order valence-corrected chi connectivity index (χ3v) is 3.30. The van der Waals surface area contributed by atoms with Crippen molar-refractivity contribution in [1.29, 1.82) is 0 Å². The summed E-state index contributed by atoms with van der Waals surface area (Å²) in [7, 11) is 0. The second kappa shape index (κ2) is 4.69. The molecule has 0 spiro atoms. The monoisotopic (exact) mass is 275 g/mol. The minimum absolute atomic E-state index is 0.0935. The third-order valence-electron chi connectivity index (χ3n) is 2.53. The maximum Gasteiger partial charge on any atom is 0.339 e. The van der Waals surface area contributed by atoms with E-state index >= 15 is 0 Å². The maximum absolute atomic E-state index is 11.0. The molecule has 0 aliphatic carbocycles. The molecule has 0 aromatic carbocycles. The highest BCUT2D eigenvalue weighted by Crippen LogP contribution is 2.18. The fourth-order valence-electron chi connectivity index (χ4n) is 1.67. The molecule has 0 fully saturated rings. The lowest BCUT2D eigenvalue weighted by atomic mass is 10.2. The molecule has 3 rings (SSSR count). The molecule has 0 amide bonds. The van der Waals surface area contributed by atoms with Crippen LogP contribution >= 0.6 is 11.3 Å². The zero-order chi connectivity index (χ0) is 13.2. The SMILES string of the molecule is O=C(O)c1ccncc1OCc1cn2ccsc2n1. The fourth-order valence-corrected chi connectivity index (χ4v) is 2.39. The number of rotatable bonds is 4. The lowest BCUT2D eigenvalue weighted by Gasteiger charge is -2.06. The number of aromatic nitrogens is 3. The maximum atomic E-state index is 11.0. The molecule has 7 heteroatoms. The molecule has 0 bridgehead atoms. The van der Waals surface area contributed by atoms with E-state index in [1.807, 2.05) is 22.2 Å². The van der Waals surface area contributed by atoms with E-state index in [0.29, 0.717) is 0 Å². The van der Waals surface area contributed by atoms with Gasteiger partial charge in [0.2, 0.25) is 0 Å². The second-order valence-electron chi connectivity index (χ2n) is 3.79. The average molecular weight is 275 g/mol. The van der Waals surface area contributed by atoms with Crippen molar-refractivity contribution in [1.82, 2.24) is 14.4 Å². The average Bonchev–Trinajstić information content (AvgIpc) is 2.97. The van der Waals surface area contributed by atoms with Gasteiger partial charge in [0.15, 0.2) is 10.7 Å². The van der Waals surface area contributed by atoms with E-state index in [9.17, 15) is 4.79 Å². The van der Waals surface area contributed by atoms with Crippen molar-refractivity contribution in [2.45, 2.75) is 6.61 Å². The van der Waals surface area contributed by atoms with Gasteiger partial charge < -0.3 is 9.84 Å². The van der Waals surface area contributed by atoms with Crippen LogP contribution < -0.4 is 4.74 Å². The standard InChI is InChI=1S/C12H9N3O3S/c16-11(17)9-1-2-13-5-10(9)18-7-8-6-15-3-4-19-12(15)14-8/h1-6H,7H2,(H,16,17). The molecule has 0 unspecified atom stereocenters. The highest BCUT2D eigenvalue weighted by atomic mass is 32.1. The number of pyridine rings is 1. The lowest BCUT2D eigenvalue weighted by molar-refractivity contribution is 0.0691. The Hall–Kier alpha value is -2.41. The number of thiazole rings is 1. The molecular formula is C12H9N3O3S. The van der Waals surface area contributed by atoms with Crippen LogP contribution in [0.2, 0.25) is 0 Å². The van der Waals surface area contributed by atoms with Crippen molar-refractivity contribution in [3.8, 4) is 5.75 Å². The summed E-state index contributed by atoms with van der Waals surface area (Å²) in [5.74, 6) is -0.797. The second-order valence-corrected chi connectivity index (χ2v) is 4.66. The summed E-state index contributed by atoms with van der Waals surface area (Å²) in [4.78, 5) is 20.1. The number of hydrogen-bond donors (Lipinski definition) is 1. The van der Waals surface area contributed by atoms with Gasteiger partial charge in [-0.2, -0.15) is 0 Å². The highest BCUT2D eigenvalue weighted by molar-refractivity contribution is 7.15. The first kappa shape index (κ1) is 11.7. The van der Waals surface area contributed by atoms with Gasteiger partial charge in [-0.05, 0) is 6.07 Å². The van der Waals surface area contributed by atoms with Crippen LogP contribution in [-0.4, -0.2) is 25.4 Å². The summed E-state index contributed by atoms with van der Waals surface area (Å²) in [6, 6.07) is 1.41. The molecule has 0 aliphatic heterocycles. The van der Waals surface area contributed by atoms with E-state index in [-0.39, 0.29) is 17.9 Å². The molecule has 3 aromatic rings. The van der Waals surface area contributed by atoms with Gasteiger partial charge in [0.25, 0.3) is 0 Å². The van der Waals surface area contributed by atoms with Crippen molar-refractivity contribution in [2.75, 3.05) is 0 Å². The molecule has 96 valence electrons. The van der Waals surface area contributed by atoms with Gasteiger partial charge in [-0.15, -0.1) is 11.3 Å². The van der Waals surface area contributed by atoms with E-state index in [2.05, 4.69) is 9.97 Å².